The first-order valence-electron chi connectivity index (χ1n) is 8.14. The molecule has 0 aliphatic heterocycles. The van der Waals surface area contributed by atoms with E-state index in [-0.39, 0.29) is 17.2 Å². The first kappa shape index (κ1) is 18.5. The Morgan fingerprint density at radius 1 is 0.852 bits per heavy atom. The fraction of sp³-hybridized carbons (Fsp3) is 0.158. The summed E-state index contributed by atoms with van der Waals surface area (Å²) in [7, 11) is 0. The first-order valence-corrected chi connectivity index (χ1v) is 8.14. The van der Waals surface area contributed by atoms with Crippen molar-refractivity contribution in [2.45, 2.75) is 20.0 Å². The van der Waals surface area contributed by atoms with Gasteiger partial charge in [-0.15, -0.1) is 0 Å². The van der Waals surface area contributed by atoms with Gasteiger partial charge in [-0.1, -0.05) is 24.3 Å². The second-order valence-corrected chi connectivity index (χ2v) is 6.03. The van der Waals surface area contributed by atoms with Crippen molar-refractivity contribution in [2.24, 2.45) is 0 Å². The quantitative estimate of drug-likeness (QED) is 0.587. The monoisotopic (exact) mass is 373 g/mol. The van der Waals surface area contributed by atoms with Crippen LogP contribution in [0.25, 0.3) is 0 Å². The van der Waals surface area contributed by atoms with Crippen LogP contribution in [-0.4, -0.2) is 9.97 Å². The van der Waals surface area contributed by atoms with E-state index in [2.05, 4.69) is 20.6 Å². The molecule has 5 nitrogen and oxygen atoms in total. The van der Waals surface area contributed by atoms with Crippen LogP contribution in [0.1, 0.15) is 16.7 Å². The van der Waals surface area contributed by atoms with Gasteiger partial charge in [0.25, 0.3) is 0 Å². The molecule has 0 bridgehead atoms. The lowest BCUT2D eigenvalue weighted by molar-refractivity contribution is -0.136. The minimum absolute atomic E-state index is 0.0921. The normalized spacial score (nSPS) is 11.3. The Morgan fingerprint density at radius 3 is 2.11 bits per heavy atom. The molecule has 8 heteroatoms. The number of alkyl halides is 3. The molecule has 0 spiro atoms. The highest BCUT2D eigenvalue weighted by molar-refractivity contribution is 5.81. The minimum atomic E-state index is -4.49. The molecular formula is C19H18F3N5. The maximum Gasteiger partial charge on any atom is 0.418 e. The molecule has 0 amide bonds. The van der Waals surface area contributed by atoms with E-state index in [0.29, 0.717) is 5.82 Å². The summed E-state index contributed by atoms with van der Waals surface area (Å²) in [6.45, 7) is 3.93. The Balaban J connectivity index is 1.94. The highest BCUT2D eigenvalue weighted by Crippen LogP contribution is 2.37. The maximum atomic E-state index is 13.2. The summed E-state index contributed by atoms with van der Waals surface area (Å²) in [5.41, 5.74) is 8.20. The van der Waals surface area contributed by atoms with E-state index in [1.165, 1.54) is 24.5 Å². The molecule has 0 radical (unpaired) electrons. The molecule has 0 atom stereocenters. The Kier molecular flexibility index (Phi) is 4.89. The molecule has 1 heterocycles. The summed E-state index contributed by atoms with van der Waals surface area (Å²) in [5, 5.41) is 5.78. The number of hydrogen-bond donors (Lipinski definition) is 3. The van der Waals surface area contributed by atoms with E-state index in [1.54, 1.807) is 0 Å². The summed E-state index contributed by atoms with van der Waals surface area (Å²) < 4.78 is 39.6. The summed E-state index contributed by atoms with van der Waals surface area (Å²) in [5.74, 6) is 0.403. The molecule has 4 N–H and O–H groups in total. The Morgan fingerprint density at radius 2 is 1.44 bits per heavy atom. The van der Waals surface area contributed by atoms with Crippen LogP contribution in [0, 0.1) is 13.8 Å². The average Bonchev–Trinajstić information content (AvgIpc) is 2.62. The topological polar surface area (TPSA) is 75.9 Å². The van der Waals surface area contributed by atoms with Gasteiger partial charge in [0.15, 0.2) is 11.6 Å². The van der Waals surface area contributed by atoms with Crippen LogP contribution < -0.4 is 16.4 Å². The van der Waals surface area contributed by atoms with Gasteiger partial charge in [-0.05, 0) is 43.2 Å². The van der Waals surface area contributed by atoms with E-state index in [0.717, 1.165) is 22.9 Å². The van der Waals surface area contributed by atoms with Crippen molar-refractivity contribution < 1.29 is 13.2 Å². The lowest BCUT2D eigenvalue weighted by Crippen LogP contribution is -2.11. The lowest BCUT2D eigenvalue weighted by atomic mass is 10.1. The van der Waals surface area contributed by atoms with E-state index in [1.807, 2.05) is 32.0 Å². The summed E-state index contributed by atoms with van der Waals surface area (Å²) >= 11 is 0. The molecule has 0 saturated heterocycles. The molecule has 0 aliphatic carbocycles. The number of hydrogen-bond acceptors (Lipinski definition) is 5. The molecule has 140 valence electrons. The summed E-state index contributed by atoms with van der Waals surface area (Å²) in [6.07, 6.45) is -3.26. The van der Waals surface area contributed by atoms with E-state index >= 15 is 0 Å². The van der Waals surface area contributed by atoms with Crippen molar-refractivity contribution in [3.63, 3.8) is 0 Å². The zero-order chi connectivity index (χ0) is 19.6. The smallest absolute Gasteiger partial charge is 0.393 e. The van der Waals surface area contributed by atoms with E-state index < -0.39 is 11.7 Å². The summed E-state index contributed by atoms with van der Waals surface area (Å²) in [6, 6.07) is 10.9. The number of para-hydroxylation sites is 1. The van der Waals surface area contributed by atoms with Crippen molar-refractivity contribution in [3.05, 3.63) is 65.5 Å². The first-order chi connectivity index (χ1) is 12.8. The number of nitrogens with zero attached hydrogens (tertiary/aromatic N) is 2. The fourth-order valence-electron chi connectivity index (χ4n) is 2.58. The molecule has 0 aliphatic rings. The number of nitrogen functional groups attached to an aromatic ring is 1. The van der Waals surface area contributed by atoms with E-state index in [9.17, 15) is 13.2 Å². The number of anilines is 5. The van der Waals surface area contributed by atoms with Crippen LogP contribution in [0.5, 0.6) is 0 Å². The molecular weight excluding hydrogens is 355 g/mol. The highest BCUT2D eigenvalue weighted by Gasteiger charge is 2.33. The van der Waals surface area contributed by atoms with Crippen molar-refractivity contribution in [2.75, 3.05) is 16.4 Å². The standard InChI is InChI=1S/C19H18F3N5/c1-11-6-5-9-14(12(11)2)26-17-16(23)18(25-10-24-17)27-15-8-4-3-7-13(15)19(20,21)22/h3-10H,23H2,1-2H3,(H2,24,25,26,27). The fourth-order valence-corrected chi connectivity index (χ4v) is 2.58. The van der Waals surface area contributed by atoms with Gasteiger partial charge < -0.3 is 16.4 Å². The molecule has 3 aromatic rings. The van der Waals surface area contributed by atoms with E-state index in [4.69, 9.17) is 5.73 Å². The second-order valence-electron chi connectivity index (χ2n) is 6.03. The van der Waals surface area contributed by atoms with Gasteiger partial charge >= 0.3 is 6.18 Å². The number of nitrogens with two attached hydrogens (primary N) is 1. The van der Waals surface area contributed by atoms with Gasteiger partial charge in [-0.3, -0.25) is 0 Å². The van der Waals surface area contributed by atoms with Crippen molar-refractivity contribution in [3.8, 4) is 0 Å². The number of aromatic nitrogens is 2. The molecule has 0 unspecified atom stereocenters. The Bertz CT molecular complexity index is 970. The van der Waals surface area contributed by atoms with Gasteiger partial charge in [0.05, 0.1) is 11.3 Å². The minimum Gasteiger partial charge on any atom is -0.393 e. The molecule has 27 heavy (non-hydrogen) atoms. The number of rotatable bonds is 4. The van der Waals surface area contributed by atoms with Crippen LogP contribution in [0.15, 0.2) is 48.8 Å². The van der Waals surface area contributed by atoms with Gasteiger partial charge in [0.2, 0.25) is 0 Å². The summed E-state index contributed by atoms with van der Waals surface area (Å²) in [4.78, 5) is 8.09. The van der Waals surface area contributed by atoms with Gasteiger partial charge in [-0.2, -0.15) is 13.2 Å². The van der Waals surface area contributed by atoms with Crippen LogP contribution in [0.3, 0.4) is 0 Å². The largest absolute Gasteiger partial charge is 0.418 e. The third-order valence-corrected chi connectivity index (χ3v) is 4.23. The number of halogens is 3. The lowest BCUT2D eigenvalue weighted by Gasteiger charge is -2.17. The predicted molar refractivity (Wildman–Crippen MR) is 100 cm³/mol. The van der Waals surface area contributed by atoms with Crippen molar-refractivity contribution in [1.82, 2.24) is 9.97 Å². The Hall–Kier alpha value is -3.29. The molecule has 0 fully saturated rings. The zero-order valence-electron chi connectivity index (χ0n) is 14.7. The SMILES string of the molecule is Cc1cccc(Nc2ncnc(Nc3ccccc3C(F)(F)F)c2N)c1C. The van der Waals surface area contributed by atoms with Crippen LogP contribution in [0.4, 0.5) is 41.9 Å². The third kappa shape index (κ3) is 3.94. The molecule has 3 rings (SSSR count). The molecule has 2 aromatic carbocycles. The van der Waals surface area contributed by atoms with Crippen molar-refractivity contribution in [1.29, 1.82) is 0 Å². The van der Waals surface area contributed by atoms with Gasteiger partial charge in [0.1, 0.15) is 12.0 Å². The van der Waals surface area contributed by atoms with Crippen LogP contribution in [-0.2, 0) is 6.18 Å². The maximum absolute atomic E-state index is 13.2. The predicted octanol–water partition coefficient (Wildman–Crippen LogP) is 5.18. The Labute approximate surface area is 154 Å². The molecule has 1 aromatic heterocycles. The number of benzene rings is 2. The molecule has 0 saturated carbocycles. The second kappa shape index (κ2) is 7.14. The van der Waals surface area contributed by atoms with Gasteiger partial charge in [0, 0.05) is 5.69 Å². The number of nitrogens with one attached hydrogen (secondary N) is 2. The third-order valence-electron chi connectivity index (χ3n) is 4.23. The number of aryl methyl sites for hydroxylation is 1. The van der Waals surface area contributed by atoms with Crippen molar-refractivity contribution >= 4 is 28.7 Å². The van der Waals surface area contributed by atoms with Crippen LogP contribution in [0.2, 0.25) is 0 Å². The highest BCUT2D eigenvalue weighted by atomic mass is 19.4. The van der Waals surface area contributed by atoms with Gasteiger partial charge in [-0.25, -0.2) is 9.97 Å². The van der Waals surface area contributed by atoms with Crippen LogP contribution >= 0.6 is 0 Å². The average molecular weight is 373 g/mol. The zero-order valence-corrected chi connectivity index (χ0v) is 14.7.